The van der Waals surface area contributed by atoms with E-state index >= 15 is 0 Å². The van der Waals surface area contributed by atoms with Gasteiger partial charge in [-0.1, -0.05) is 48.0 Å². The molecule has 0 radical (unpaired) electrons. The molecule has 4 aliphatic rings. The quantitative estimate of drug-likeness (QED) is 0.104. The number of unbranched alkanes of at least 4 members (excludes halogenated alkanes) is 1. The van der Waals surface area contributed by atoms with E-state index in [0.717, 1.165) is 67.1 Å². The summed E-state index contributed by atoms with van der Waals surface area (Å²) in [6, 6.07) is 14.1. The molecule has 8 nitrogen and oxygen atoms in total. The molecule has 1 aromatic heterocycles. The number of halogens is 1. The molecule has 0 aliphatic heterocycles. The van der Waals surface area contributed by atoms with Crippen LogP contribution in [0.15, 0.2) is 42.5 Å². The van der Waals surface area contributed by atoms with E-state index in [9.17, 15) is 9.90 Å². The molecule has 1 atom stereocenters. The zero-order valence-electron chi connectivity index (χ0n) is 30.2. The Labute approximate surface area is 300 Å². The Bertz CT molecular complexity index is 1590. The van der Waals surface area contributed by atoms with E-state index in [1.165, 1.54) is 12.0 Å². The summed E-state index contributed by atoms with van der Waals surface area (Å²) in [4.78, 5) is 14.6. The van der Waals surface area contributed by atoms with Gasteiger partial charge in [0.05, 0.1) is 42.3 Å². The third-order valence-electron chi connectivity index (χ3n) is 11.1. The Morgan fingerprint density at radius 1 is 1.00 bits per heavy atom. The number of aromatic nitrogens is 2. The van der Waals surface area contributed by atoms with Crippen LogP contribution in [0.4, 0.5) is 0 Å². The van der Waals surface area contributed by atoms with Crippen LogP contribution in [-0.4, -0.2) is 57.8 Å². The van der Waals surface area contributed by atoms with Gasteiger partial charge in [-0.05, 0) is 137 Å². The van der Waals surface area contributed by atoms with Gasteiger partial charge in [-0.2, -0.15) is 5.10 Å². The minimum absolute atomic E-state index is 0.144. The molecule has 266 valence electrons. The lowest BCUT2D eigenvalue weighted by Crippen LogP contribution is -2.72. The Morgan fingerprint density at radius 2 is 1.63 bits per heavy atom. The monoisotopic (exact) mass is 735 g/mol. The number of alkyl halides is 1. The Hall–Kier alpha value is -2.88. The van der Waals surface area contributed by atoms with Crippen LogP contribution < -0.4 is 14.8 Å². The topological polar surface area (TPSA) is 94.8 Å². The van der Waals surface area contributed by atoms with Gasteiger partial charge in [0.25, 0.3) is 5.91 Å². The smallest absolute Gasteiger partial charge is 0.272 e. The summed E-state index contributed by atoms with van der Waals surface area (Å²) in [5.74, 6) is 2.73. The first kappa shape index (κ1) is 35.9. The van der Waals surface area contributed by atoms with E-state index in [0.29, 0.717) is 29.0 Å². The van der Waals surface area contributed by atoms with Crippen LogP contribution in [0.3, 0.4) is 0 Å². The molecule has 0 spiro atoms. The lowest BCUT2D eigenvalue weighted by Gasteiger charge is -2.62. The number of aryl methyl sites for hydroxylation is 1. The molecule has 1 amide bonds. The van der Waals surface area contributed by atoms with E-state index in [1.807, 2.05) is 49.7 Å². The fourth-order valence-corrected chi connectivity index (χ4v) is 9.52. The van der Waals surface area contributed by atoms with E-state index < -0.39 is 17.4 Å². The van der Waals surface area contributed by atoms with Gasteiger partial charge in [-0.15, -0.1) is 0 Å². The maximum absolute atomic E-state index is 14.6. The summed E-state index contributed by atoms with van der Waals surface area (Å²) in [6.07, 6.45) is 7.33. The average Bonchev–Trinajstić information content (AvgIpc) is 3.50. The number of carbonyl (C=O) groups is 1. The molecule has 4 fully saturated rings. The van der Waals surface area contributed by atoms with E-state index in [-0.39, 0.29) is 29.4 Å². The van der Waals surface area contributed by atoms with E-state index in [1.54, 1.807) is 14.2 Å². The molecule has 3 aromatic rings. The van der Waals surface area contributed by atoms with Gasteiger partial charge < -0.3 is 24.6 Å². The van der Waals surface area contributed by atoms with Crippen LogP contribution in [0.25, 0.3) is 16.9 Å². The molecular weight excluding hydrogens is 682 g/mol. The fourth-order valence-electron chi connectivity index (χ4n) is 9.12. The number of rotatable bonds is 13. The van der Waals surface area contributed by atoms with Gasteiger partial charge in [0, 0.05) is 5.33 Å². The molecule has 2 N–H and O–H groups in total. The molecule has 1 unspecified atom stereocenters. The van der Waals surface area contributed by atoms with Gasteiger partial charge in [-0.3, -0.25) is 4.79 Å². The van der Waals surface area contributed by atoms with Crippen molar-refractivity contribution >= 4 is 21.8 Å². The second kappa shape index (κ2) is 14.4. The zero-order valence-corrected chi connectivity index (χ0v) is 31.8. The number of hydrogen-bond acceptors (Lipinski definition) is 6. The standard InChI is InChI=1S/C40H54BrN3O5/c1-24(2)30-22-25(11-8-9-16-41)14-15-32(30)44-33(36-34(47-6)12-10-13-35(36)48-7)23-31(43-44)37(45)42-40(38(46)49-39(3,4)5)28-18-26-17-27(20-28)21-29(40)19-26/h10,12-15,22-24,26-29,38,46H,8-9,11,16-21H2,1-7H3,(H,42,45). The SMILES string of the molecule is COc1cccc(OC)c1-c1cc(C(=O)NC2(C(O)OC(C)(C)C)C3CC4CC(C3)CC2C4)nn1-c1ccc(CCCCBr)cc1C(C)C. The first-order chi connectivity index (χ1) is 23.4. The fraction of sp³-hybridized carbons (Fsp3) is 0.600. The highest BCUT2D eigenvalue weighted by molar-refractivity contribution is 9.09. The van der Waals surface area contributed by atoms with Crippen LogP contribution in [0, 0.1) is 23.7 Å². The molecule has 4 aliphatic carbocycles. The number of methoxy groups -OCH3 is 2. The number of nitrogens with zero attached hydrogens (tertiary/aromatic N) is 2. The number of hydrogen-bond donors (Lipinski definition) is 2. The number of nitrogens with one attached hydrogen (secondary N) is 1. The second-order valence-electron chi connectivity index (χ2n) is 15.8. The first-order valence-corrected chi connectivity index (χ1v) is 19.2. The van der Waals surface area contributed by atoms with Crippen molar-refractivity contribution in [2.24, 2.45) is 23.7 Å². The number of aliphatic hydroxyl groups is 1. The summed E-state index contributed by atoms with van der Waals surface area (Å²) in [7, 11) is 3.28. The van der Waals surface area contributed by atoms with Gasteiger partial charge >= 0.3 is 0 Å². The maximum atomic E-state index is 14.6. The van der Waals surface area contributed by atoms with Crippen molar-refractivity contribution in [2.75, 3.05) is 19.5 Å². The number of carbonyl (C=O) groups excluding carboxylic acids is 1. The summed E-state index contributed by atoms with van der Waals surface area (Å²) in [6.45, 7) is 10.2. The van der Waals surface area contributed by atoms with Crippen molar-refractivity contribution in [3.8, 4) is 28.4 Å². The Kier molecular flexibility index (Phi) is 10.6. The van der Waals surface area contributed by atoms with Crippen LogP contribution in [0.5, 0.6) is 11.5 Å². The lowest BCUT2D eigenvalue weighted by molar-refractivity contribution is -0.251. The van der Waals surface area contributed by atoms with Gasteiger partial charge in [-0.25, -0.2) is 4.68 Å². The maximum Gasteiger partial charge on any atom is 0.272 e. The van der Waals surface area contributed by atoms with Crippen LogP contribution in [-0.2, 0) is 11.2 Å². The molecular formula is C40H54BrN3O5. The van der Waals surface area contributed by atoms with Crippen molar-refractivity contribution in [1.29, 1.82) is 0 Å². The van der Waals surface area contributed by atoms with E-state index in [2.05, 4.69) is 53.3 Å². The summed E-state index contributed by atoms with van der Waals surface area (Å²) < 4.78 is 19.9. The number of aliphatic hydroxyl groups excluding tert-OH is 1. The Morgan fingerprint density at radius 3 is 2.18 bits per heavy atom. The van der Waals surface area contributed by atoms with Crippen molar-refractivity contribution in [3.63, 3.8) is 0 Å². The van der Waals surface area contributed by atoms with Gasteiger partial charge in [0.15, 0.2) is 12.0 Å². The largest absolute Gasteiger partial charge is 0.496 e. The molecule has 4 saturated carbocycles. The highest BCUT2D eigenvalue weighted by atomic mass is 79.9. The van der Waals surface area contributed by atoms with Crippen LogP contribution in [0.2, 0.25) is 0 Å². The molecule has 2 aromatic carbocycles. The minimum Gasteiger partial charge on any atom is -0.496 e. The number of ether oxygens (including phenoxy) is 3. The van der Waals surface area contributed by atoms with Crippen LogP contribution in [0.1, 0.15) is 107 Å². The normalized spacial score (nSPS) is 25.1. The highest BCUT2D eigenvalue weighted by Crippen LogP contribution is 2.59. The average molecular weight is 737 g/mol. The third kappa shape index (κ3) is 7.05. The molecule has 7 rings (SSSR count). The lowest BCUT2D eigenvalue weighted by atomic mass is 9.48. The van der Waals surface area contributed by atoms with Crippen molar-refractivity contribution in [3.05, 3.63) is 59.3 Å². The number of amides is 1. The first-order valence-electron chi connectivity index (χ1n) is 18.1. The van der Waals surface area contributed by atoms with Gasteiger partial charge in [0.1, 0.15) is 11.5 Å². The second-order valence-corrected chi connectivity index (χ2v) is 16.6. The summed E-state index contributed by atoms with van der Waals surface area (Å²) in [5, 5.41) is 21.4. The van der Waals surface area contributed by atoms with Crippen molar-refractivity contribution in [1.82, 2.24) is 15.1 Å². The highest BCUT2D eigenvalue weighted by Gasteiger charge is 2.62. The van der Waals surface area contributed by atoms with Crippen molar-refractivity contribution < 1.29 is 24.1 Å². The minimum atomic E-state index is -1.13. The van der Waals surface area contributed by atoms with Gasteiger partial charge in [0.2, 0.25) is 0 Å². The molecule has 49 heavy (non-hydrogen) atoms. The van der Waals surface area contributed by atoms with Crippen molar-refractivity contribution in [2.45, 2.75) is 109 Å². The Balaban J connectivity index is 1.47. The van der Waals surface area contributed by atoms with E-state index in [4.69, 9.17) is 19.3 Å². The van der Waals surface area contributed by atoms with Crippen LogP contribution >= 0.6 is 15.9 Å². The predicted octanol–water partition coefficient (Wildman–Crippen LogP) is 8.46. The summed E-state index contributed by atoms with van der Waals surface area (Å²) >= 11 is 3.56. The molecule has 1 heterocycles. The molecule has 9 heteroatoms. The molecule has 4 bridgehead atoms. The third-order valence-corrected chi connectivity index (χ3v) is 11.7. The summed E-state index contributed by atoms with van der Waals surface area (Å²) in [5.41, 5.74) is 3.56. The number of benzene rings is 2. The predicted molar refractivity (Wildman–Crippen MR) is 197 cm³/mol. The molecule has 0 saturated heterocycles. The zero-order chi connectivity index (χ0) is 35.1.